The smallest absolute Gasteiger partial charge is 0.266 e. The van der Waals surface area contributed by atoms with Gasteiger partial charge >= 0.3 is 0 Å². The fraction of sp³-hybridized carbons (Fsp3) is 0.0526. The van der Waals surface area contributed by atoms with Crippen molar-refractivity contribution in [3.8, 4) is 5.69 Å². The topological polar surface area (TPSA) is 63.9 Å². The highest BCUT2D eigenvalue weighted by atomic mass is 32.1. The van der Waals surface area contributed by atoms with Crippen LogP contribution in [0.15, 0.2) is 72.2 Å². The average Bonchev–Trinajstić information content (AvgIpc) is 3.33. The molecule has 0 aliphatic rings. The van der Waals surface area contributed by atoms with E-state index in [-0.39, 0.29) is 11.6 Å². The molecule has 0 unspecified atom stereocenters. The second kappa shape index (κ2) is 6.89. The van der Waals surface area contributed by atoms with Crippen molar-refractivity contribution in [2.45, 2.75) is 6.92 Å². The van der Waals surface area contributed by atoms with Crippen molar-refractivity contribution in [1.82, 2.24) is 20.0 Å². The summed E-state index contributed by atoms with van der Waals surface area (Å²) in [7, 11) is 0. The normalized spacial score (nSPS) is 10.7. The maximum atomic E-state index is 13.2. The Labute approximate surface area is 154 Å². The standard InChI is InChI=1S/C19H15N5OS/c1-14-13-26-19(21-14)23(15-8-4-2-5-9-15)18(25)17-12-20-24(22-17)16-10-6-3-7-11-16/h2-13H,1H3. The van der Waals surface area contributed by atoms with E-state index in [1.54, 1.807) is 4.90 Å². The molecule has 0 radical (unpaired) electrons. The maximum absolute atomic E-state index is 13.2. The summed E-state index contributed by atoms with van der Waals surface area (Å²) in [6, 6.07) is 18.9. The van der Waals surface area contributed by atoms with Crippen LogP contribution in [0.1, 0.15) is 16.2 Å². The molecule has 0 N–H and O–H groups in total. The van der Waals surface area contributed by atoms with Crippen molar-refractivity contribution in [1.29, 1.82) is 0 Å². The van der Waals surface area contributed by atoms with E-state index in [4.69, 9.17) is 0 Å². The lowest BCUT2D eigenvalue weighted by molar-refractivity contribution is 0.0994. The number of para-hydroxylation sites is 2. The first-order chi connectivity index (χ1) is 12.7. The molecule has 4 aromatic rings. The molecule has 0 bridgehead atoms. The first kappa shape index (κ1) is 16.2. The third-order valence-corrected chi connectivity index (χ3v) is 4.66. The number of thiazole rings is 1. The van der Waals surface area contributed by atoms with Crippen LogP contribution in [0.25, 0.3) is 5.69 Å². The summed E-state index contributed by atoms with van der Waals surface area (Å²) in [5, 5.41) is 11.1. The Balaban J connectivity index is 1.73. The Morgan fingerprint density at radius 1 is 1.04 bits per heavy atom. The molecular weight excluding hydrogens is 346 g/mol. The van der Waals surface area contributed by atoms with Gasteiger partial charge in [0.25, 0.3) is 5.91 Å². The third-order valence-electron chi connectivity index (χ3n) is 3.71. The quantitative estimate of drug-likeness (QED) is 0.551. The van der Waals surface area contributed by atoms with Crippen LogP contribution >= 0.6 is 11.3 Å². The highest BCUT2D eigenvalue weighted by Crippen LogP contribution is 2.29. The Morgan fingerprint density at radius 3 is 2.38 bits per heavy atom. The molecule has 6 nitrogen and oxygen atoms in total. The summed E-state index contributed by atoms with van der Waals surface area (Å²) in [4.78, 5) is 20.7. The van der Waals surface area contributed by atoms with Crippen LogP contribution in [-0.4, -0.2) is 25.9 Å². The van der Waals surface area contributed by atoms with Gasteiger partial charge in [0.15, 0.2) is 10.8 Å². The zero-order valence-electron chi connectivity index (χ0n) is 14.0. The minimum absolute atomic E-state index is 0.255. The van der Waals surface area contributed by atoms with Crippen molar-refractivity contribution in [3.05, 3.63) is 83.6 Å². The van der Waals surface area contributed by atoms with Gasteiger partial charge in [0, 0.05) is 5.38 Å². The fourth-order valence-corrected chi connectivity index (χ4v) is 3.32. The zero-order chi connectivity index (χ0) is 17.9. The molecule has 2 heterocycles. The summed E-state index contributed by atoms with van der Waals surface area (Å²) in [5.41, 5.74) is 2.65. The number of anilines is 2. The number of hydrogen-bond donors (Lipinski definition) is 0. The average molecular weight is 361 g/mol. The number of benzene rings is 2. The van der Waals surface area contributed by atoms with Crippen LogP contribution in [0.2, 0.25) is 0 Å². The highest BCUT2D eigenvalue weighted by molar-refractivity contribution is 7.14. The molecule has 2 aromatic carbocycles. The Bertz CT molecular complexity index is 1030. The number of rotatable bonds is 4. The number of hydrogen-bond acceptors (Lipinski definition) is 5. The van der Waals surface area contributed by atoms with Crippen LogP contribution in [0.4, 0.5) is 10.8 Å². The van der Waals surface area contributed by atoms with Crippen molar-refractivity contribution >= 4 is 28.1 Å². The molecular formula is C19H15N5OS. The fourth-order valence-electron chi connectivity index (χ4n) is 2.50. The SMILES string of the molecule is Cc1csc(N(C(=O)c2cnn(-c3ccccc3)n2)c2ccccc2)n1. The number of nitrogens with zero attached hydrogens (tertiary/aromatic N) is 5. The van der Waals surface area contributed by atoms with Gasteiger partial charge in [-0.05, 0) is 31.2 Å². The van der Waals surface area contributed by atoms with Gasteiger partial charge in [-0.3, -0.25) is 9.69 Å². The van der Waals surface area contributed by atoms with Gasteiger partial charge in [0.1, 0.15) is 0 Å². The molecule has 2 aromatic heterocycles. The van der Waals surface area contributed by atoms with Gasteiger partial charge in [-0.25, -0.2) is 4.98 Å². The van der Waals surface area contributed by atoms with Crippen molar-refractivity contribution in [2.75, 3.05) is 4.90 Å². The predicted octanol–water partition coefficient (Wildman–Crippen LogP) is 4.01. The summed E-state index contributed by atoms with van der Waals surface area (Å²) < 4.78 is 0. The predicted molar refractivity (Wildman–Crippen MR) is 101 cm³/mol. The van der Waals surface area contributed by atoms with Crippen molar-refractivity contribution < 1.29 is 4.79 Å². The van der Waals surface area contributed by atoms with E-state index in [2.05, 4.69) is 15.2 Å². The molecule has 7 heteroatoms. The van der Waals surface area contributed by atoms with Gasteiger partial charge in [0.2, 0.25) is 0 Å². The molecule has 128 valence electrons. The summed E-state index contributed by atoms with van der Waals surface area (Å²) in [6.07, 6.45) is 1.48. The molecule has 0 spiro atoms. The molecule has 0 saturated carbocycles. The highest BCUT2D eigenvalue weighted by Gasteiger charge is 2.25. The third kappa shape index (κ3) is 3.12. The molecule has 1 amide bonds. The van der Waals surface area contributed by atoms with E-state index in [9.17, 15) is 4.79 Å². The van der Waals surface area contributed by atoms with Crippen LogP contribution in [0.3, 0.4) is 0 Å². The van der Waals surface area contributed by atoms with Gasteiger partial charge in [-0.2, -0.15) is 9.90 Å². The Hall–Kier alpha value is -3.32. The lowest BCUT2D eigenvalue weighted by atomic mass is 10.3. The first-order valence-electron chi connectivity index (χ1n) is 8.02. The lowest BCUT2D eigenvalue weighted by Crippen LogP contribution is -2.26. The minimum Gasteiger partial charge on any atom is -0.266 e. The molecule has 0 saturated heterocycles. The lowest BCUT2D eigenvalue weighted by Gasteiger charge is -2.18. The Kier molecular flexibility index (Phi) is 4.28. The molecule has 26 heavy (non-hydrogen) atoms. The minimum atomic E-state index is -0.271. The number of aromatic nitrogens is 4. The van der Waals surface area contributed by atoms with Crippen molar-refractivity contribution in [2.24, 2.45) is 0 Å². The number of carbonyl (C=O) groups is 1. The monoisotopic (exact) mass is 361 g/mol. The van der Waals surface area contributed by atoms with E-state index in [0.717, 1.165) is 17.1 Å². The summed E-state index contributed by atoms with van der Waals surface area (Å²) >= 11 is 1.42. The van der Waals surface area contributed by atoms with Crippen LogP contribution in [0.5, 0.6) is 0 Å². The van der Waals surface area contributed by atoms with Crippen molar-refractivity contribution in [3.63, 3.8) is 0 Å². The van der Waals surface area contributed by atoms with E-state index >= 15 is 0 Å². The van der Waals surface area contributed by atoms with E-state index in [1.165, 1.54) is 22.3 Å². The van der Waals surface area contributed by atoms with Gasteiger partial charge in [-0.1, -0.05) is 36.4 Å². The molecule has 0 aliphatic heterocycles. The summed E-state index contributed by atoms with van der Waals surface area (Å²) in [5.74, 6) is -0.271. The van der Waals surface area contributed by atoms with Crippen LogP contribution in [0, 0.1) is 6.92 Å². The molecule has 4 rings (SSSR count). The molecule has 0 aliphatic carbocycles. The second-order valence-electron chi connectivity index (χ2n) is 5.60. The number of aryl methyl sites for hydroxylation is 1. The largest absolute Gasteiger partial charge is 0.286 e. The molecule has 0 fully saturated rings. The van der Waals surface area contributed by atoms with E-state index in [1.807, 2.05) is 73.0 Å². The molecule has 0 atom stereocenters. The van der Waals surface area contributed by atoms with E-state index < -0.39 is 0 Å². The van der Waals surface area contributed by atoms with Gasteiger partial charge in [-0.15, -0.1) is 16.4 Å². The van der Waals surface area contributed by atoms with Gasteiger partial charge in [0.05, 0.1) is 23.3 Å². The van der Waals surface area contributed by atoms with Gasteiger partial charge < -0.3 is 0 Å². The van der Waals surface area contributed by atoms with E-state index in [0.29, 0.717) is 5.13 Å². The number of carbonyl (C=O) groups excluding carboxylic acids is 1. The van der Waals surface area contributed by atoms with Crippen LogP contribution < -0.4 is 4.90 Å². The summed E-state index contributed by atoms with van der Waals surface area (Å²) in [6.45, 7) is 1.90. The second-order valence-corrected chi connectivity index (χ2v) is 6.44. The zero-order valence-corrected chi connectivity index (χ0v) is 14.8. The Morgan fingerprint density at radius 2 is 1.73 bits per heavy atom. The van der Waals surface area contributed by atoms with Crippen LogP contribution in [-0.2, 0) is 0 Å². The first-order valence-corrected chi connectivity index (χ1v) is 8.90. The number of amides is 1. The maximum Gasteiger partial charge on any atom is 0.286 e.